The van der Waals surface area contributed by atoms with Gasteiger partial charge in [0.1, 0.15) is 23.1 Å². The molecule has 0 radical (unpaired) electrons. The maximum atomic E-state index is 12.8. The van der Waals surface area contributed by atoms with Crippen LogP contribution >= 0.6 is 0 Å². The van der Waals surface area contributed by atoms with Gasteiger partial charge in [-0.25, -0.2) is 9.97 Å². The molecule has 4 heterocycles. The van der Waals surface area contributed by atoms with Crippen LogP contribution in [0, 0.1) is 11.3 Å². The number of piperidine rings is 1. The van der Waals surface area contributed by atoms with Crippen LogP contribution in [-0.2, 0) is 4.79 Å². The first kappa shape index (κ1) is 33.7. The molecule has 6 rings (SSSR count). The van der Waals surface area contributed by atoms with E-state index in [9.17, 15) is 14.9 Å². The number of likely N-dealkylation sites (tertiary alicyclic amines) is 1. The molecular weight excluding hydrogens is 620 g/mol. The summed E-state index contributed by atoms with van der Waals surface area (Å²) in [5.74, 6) is -0.0344. The fourth-order valence-electron chi connectivity index (χ4n) is 6.97. The largest absolute Gasteiger partial charge is 0.495 e. The molecule has 2 amide bonds. The number of primary amides is 1. The predicted molar refractivity (Wildman–Crippen MR) is 190 cm³/mol. The smallest absolute Gasteiger partial charge is 0.271 e. The van der Waals surface area contributed by atoms with Crippen molar-refractivity contribution in [3.8, 4) is 23.1 Å². The number of methoxy groups -OCH3 is 1. The van der Waals surface area contributed by atoms with Crippen LogP contribution in [0.25, 0.3) is 11.3 Å². The van der Waals surface area contributed by atoms with E-state index in [2.05, 4.69) is 57.2 Å². The highest BCUT2D eigenvalue weighted by molar-refractivity contribution is 5.98. The van der Waals surface area contributed by atoms with Crippen LogP contribution in [-0.4, -0.2) is 115 Å². The number of nitrogens with two attached hydrogens (primary N) is 1. The van der Waals surface area contributed by atoms with E-state index in [-0.39, 0.29) is 34.7 Å². The highest BCUT2D eigenvalue weighted by Gasteiger charge is 2.29. The molecular formula is C36H44N10O3. The number of benzene rings is 2. The zero-order chi connectivity index (χ0) is 34.5. The number of aromatic nitrogens is 2. The second-order valence-corrected chi connectivity index (χ2v) is 12.8. The number of amides is 2. The number of nitrogens with one attached hydrogen (secondary N) is 2. The van der Waals surface area contributed by atoms with Crippen molar-refractivity contribution >= 4 is 34.8 Å². The van der Waals surface area contributed by atoms with E-state index in [1.807, 2.05) is 12.1 Å². The van der Waals surface area contributed by atoms with Crippen LogP contribution in [0.15, 0.2) is 55.1 Å². The summed E-state index contributed by atoms with van der Waals surface area (Å²) in [5, 5.41) is 16.7. The van der Waals surface area contributed by atoms with Gasteiger partial charge in [0.2, 0.25) is 5.91 Å². The van der Waals surface area contributed by atoms with E-state index in [1.54, 1.807) is 23.1 Å². The normalized spacial score (nSPS) is 18.9. The van der Waals surface area contributed by atoms with E-state index in [1.165, 1.54) is 13.2 Å². The van der Waals surface area contributed by atoms with Gasteiger partial charge < -0.3 is 35.8 Å². The Bertz CT molecular complexity index is 1720. The van der Waals surface area contributed by atoms with Crippen LogP contribution < -0.4 is 26.0 Å². The number of carbonyl (C=O) groups excluding carboxylic acids is 2. The Hall–Kier alpha value is -5.19. The second kappa shape index (κ2) is 14.9. The molecule has 0 unspecified atom stereocenters. The van der Waals surface area contributed by atoms with Crippen molar-refractivity contribution in [3.63, 3.8) is 0 Å². The molecule has 0 bridgehead atoms. The van der Waals surface area contributed by atoms with Crippen molar-refractivity contribution < 1.29 is 14.3 Å². The number of ether oxygens (including phenoxy) is 1. The van der Waals surface area contributed by atoms with Gasteiger partial charge in [0, 0.05) is 81.4 Å². The molecule has 3 aromatic rings. The van der Waals surface area contributed by atoms with Crippen LogP contribution in [0.2, 0.25) is 0 Å². The molecule has 4 N–H and O–H groups in total. The van der Waals surface area contributed by atoms with Gasteiger partial charge in [-0.15, -0.1) is 0 Å². The predicted octanol–water partition coefficient (Wildman–Crippen LogP) is 3.28. The van der Waals surface area contributed by atoms with Gasteiger partial charge in [0.25, 0.3) is 5.91 Å². The van der Waals surface area contributed by atoms with E-state index in [0.29, 0.717) is 48.4 Å². The van der Waals surface area contributed by atoms with Crippen LogP contribution in [0.5, 0.6) is 5.75 Å². The lowest BCUT2D eigenvalue weighted by molar-refractivity contribution is -0.125. The standard InChI is InChI=1S/C36H44N10O3/c1-4-31(47)46-15-12-25(23-46)40-35-32(28-6-5-7-30(49-3)29(28)22-37)41-33(34(38)48)36(42-35)39-24-8-10-26(11-9-24)44-16-13-27(14-17-44)45-20-18-43(2)19-21-45/h4-11,25,27H,1,12-21,23H2,2-3H3,(H2,38,48)(H2,39,40,42)/t25-/m1/s1. The maximum Gasteiger partial charge on any atom is 0.271 e. The number of nitriles is 1. The average molecular weight is 665 g/mol. The number of carbonyl (C=O) groups is 2. The van der Waals surface area contributed by atoms with Crippen LogP contribution in [0.4, 0.5) is 23.0 Å². The monoisotopic (exact) mass is 664 g/mol. The van der Waals surface area contributed by atoms with Crippen molar-refractivity contribution in [1.82, 2.24) is 24.7 Å². The van der Waals surface area contributed by atoms with Crippen molar-refractivity contribution in [3.05, 3.63) is 66.4 Å². The molecule has 0 spiro atoms. The molecule has 49 heavy (non-hydrogen) atoms. The second-order valence-electron chi connectivity index (χ2n) is 12.8. The molecule has 1 aromatic heterocycles. The lowest BCUT2D eigenvalue weighted by Gasteiger charge is -2.42. The third kappa shape index (κ3) is 7.45. The molecule has 0 aliphatic carbocycles. The van der Waals surface area contributed by atoms with Gasteiger partial charge in [-0.2, -0.15) is 5.26 Å². The highest BCUT2D eigenvalue weighted by Crippen LogP contribution is 2.36. The lowest BCUT2D eigenvalue weighted by atomic mass is 10.0. The van der Waals surface area contributed by atoms with Gasteiger partial charge in [-0.05, 0) is 62.7 Å². The number of nitrogens with zero attached hydrogens (tertiary/aromatic N) is 7. The summed E-state index contributed by atoms with van der Waals surface area (Å²) in [5.41, 5.74) is 8.60. The average Bonchev–Trinajstić information content (AvgIpc) is 3.60. The summed E-state index contributed by atoms with van der Waals surface area (Å²) in [6.45, 7) is 11.1. The summed E-state index contributed by atoms with van der Waals surface area (Å²) >= 11 is 0. The van der Waals surface area contributed by atoms with Crippen LogP contribution in [0.1, 0.15) is 35.3 Å². The van der Waals surface area contributed by atoms with Crippen molar-refractivity contribution in [2.45, 2.75) is 31.3 Å². The third-order valence-corrected chi connectivity index (χ3v) is 9.77. The fraction of sp³-hybridized carbons (Fsp3) is 0.417. The van der Waals surface area contributed by atoms with E-state index in [4.69, 9.17) is 20.4 Å². The first-order valence-corrected chi connectivity index (χ1v) is 16.8. The van der Waals surface area contributed by atoms with Gasteiger partial charge >= 0.3 is 0 Å². The molecule has 3 aliphatic heterocycles. The first-order chi connectivity index (χ1) is 23.8. The van der Waals surface area contributed by atoms with Gasteiger partial charge in [-0.1, -0.05) is 18.7 Å². The molecule has 13 nitrogen and oxygen atoms in total. The first-order valence-electron chi connectivity index (χ1n) is 16.8. The number of rotatable bonds is 10. The van der Waals surface area contributed by atoms with E-state index >= 15 is 0 Å². The molecule has 13 heteroatoms. The SMILES string of the molecule is C=CC(=O)N1CC[C@@H](Nc2nc(Nc3ccc(N4CCC(N5CCN(C)CC5)CC4)cc3)c(C(N)=O)nc2-c2cccc(OC)c2C#N)C1. The van der Waals surface area contributed by atoms with E-state index in [0.717, 1.165) is 57.8 Å². The Morgan fingerprint density at radius 3 is 2.39 bits per heavy atom. The Morgan fingerprint density at radius 2 is 1.73 bits per heavy atom. The minimum atomic E-state index is -0.771. The zero-order valence-electron chi connectivity index (χ0n) is 28.2. The van der Waals surface area contributed by atoms with Crippen LogP contribution in [0.3, 0.4) is 0 Å². The van der Waals surface area contributed by atoms with Gasteiger partial charge in [-0.3, -0.25) is 14.5 Å². The molecule has 1 atom stereocenters. The summed E-state index contributed by atoms with van der Waals surface area (Å²) in [4.78, 5) is 43.8. The summed E-state index contributed by atoms with van der Waals surface area (Å²) in [6, 6.07) is 15.9. The van der Waals surface area contributed by atoms with Gasteiger partial charge in [0.15, 0.2) is 17.3 Å². The molecule has 0 saturated carbocycles. The quantitative estimate of drug-likeness (QED) is 0.274. The Kier molecular flexibility index (Phi) is 10.3. The topological polar surface area (TPSA) is 156 Å². The minimum Gasteiger partial charge on any atom is -0.495 e. The number of piperazine rings is 1. The molecule has 3 saturated heterocycles. The number of anilines is 4. The Labute approximate surface area is 287 Å². The lowest BCUT2D eigenvalue weighted by Crippen LogP contribution is -2.52. The number of hydrogen-bond donors (Lipinski definition) is 3. The fourth-order valence-corrected chi connectivity index (χ4v) is 6.97. The summed E-state index contributed by atoms with van der Waals surface area (Å²) < 4.78 is 5.44. The Morgan fingerprint density at radius 1 is 1.00 bits per heavy atom. The highest BCUT2D eigenvalue weighted by atomic mass is 16.5. The van der Waals surface area contributed by atoms with Crippen molar-refractivity contribution in [2.75, 3.05) is 82.0 Å². The van der Waals surface area contributed by atoms with E-state index < -0.39 is 5.91 Å². The number of likely N-dealkylation sites (N-methyl/N-ethyl adjacent to an activating group) is 1. The third-order valence-electron chi connectivity index (χ3n) is 9.77. The van der Waals surface area contributed by atoms with Crippen molar-refractivity contribution in [1.29, 1.82) is 5.26 Å². The summed E-state index contributed by atoms with van der Waals surface area (Å²) in [6.07, 6.45) is 4.25. The summed E-state index contributed by atoms with van der Waals surface area (Å²) in [7, 11) is 3.68. The minimum absolute atomic E-state index is 0.0720. The zero-order valence-corrected chi connectivity index (χ0v) is 28.2. The molecule has 3 fully saturated rings. The van der Waals surface area contributed by atoms with Crippen molar-refractivity contribution in [2.24, 2.45) is 5.73 Å². The molecule has 2 aromatic carbocycles. The van der Waals surface area contributed by atoms with Gasteiger partial charge in [0.05, 0.1) is 7.11 Å². The molecule has 3 aliphatic rings. The molecule has 256 valence electrons. The maximum absolute atomic E-state index is 12.8. The Balaban J connectivity index is 1.25. The number of hydrogen-bond acceptors (Lipinski definition) is 11.